The Kier molecular flexibility index (Phi) is 9.51. The average Bonchev–Trinajstić information content (AvgIpc) is 2.70. The van der Waals surface area contributed by atoms with Gasteiger partial charge in [0.1, 0.15) is 5.75 Å². The number of ether oxygens (including phenoxy) is 1. The van der Waals surface area contributed by atoms with Crippen LogP contribution in [-0.4, -0.2) is 44.4 Å². The minimum absolute atomic E-state index is 0.112. The Morgan fingerprint density at radius 1 is 1.11 bits per heavy atom. The van der Waals surface area contributed by atoms with Crippen LogP contribution in [0.15, 0.2) is 58.4 Å². The second-order valence-corrected chi connectivity index (χ2v) is 7.48. The van der Waals surface area contributed by atoms with E-state index < -0.39 is 5.91 Å². The molecular formula is C20H25ClN4O2S. The predicted octanol–water partition coefficient (Wildman–Crippen LogP) is 2.70. The molecule has 2 aromatic carbocycles. The lowest BCUT2D eigenvalue weighted by Crippen LogP contribution is -2.39. The molecule has 0 saturated heterocycles. The average molecular weight is 421 g/mol. The monoisotopic (exact) mass is 420 g/mol. The normalized spacial score (nSPS) is 11.1. The number of carbonyl (C=O) groups excluding carboxylic acids is 1. The molecule has 1 amide bonds. The maximum absolute atomic E-state index is 10.7. The Labute approximate surface area is 174 Å². The Hall–Kier alpha value is -2.38. The fourth-order valence-electron chi connectivity index (χ4n) is 2.32. The molecule has 0 fully saturated rings. The number of hydrogen-bond donors (Lipinski definition) is 3. The molecule has 6 nitrogen and oxygen atoms in total. The van der Waals surface area contributed by atoms with Crippen LogP contribution in [0.1, 0.15) is 5.56 Å². The molecule has 0 unspecified atom stereocenters. The lowest BCUT2D eigenvalue weighted by Gasteiger charge is -2.12. The number of primary amides is 1. The van der Waals surface area contributed by atoms with Crippen LogP contribution in [0.25, 0.3) is 0 Å². The van der Waals surface area contributed by atoms with Crippen LogP contribution in [0.2, 0.25) is 5.02 Å². The van der Waals surface area contributed by atoms with Gasteiger partial charge in [0.2, 0.25) is 0 Å². The van der Waals surface area contributed by atoms with Crippen LogP contribution in [-0.2, 0) is 11.2 Å². The van der Waals surface area contributed by atoms with E-state index in [0.29, 0.717) is 5.75 Å². The highest BCUT2D eigenvalue weighted by Crippen LogP contribution is 2.19. The summed E-state index contributed by atoms with van der Waals surface area (Å²) in [5, 5.41) is 7.35. The highest BCUT2D eigenvalue weighted by atomic mass is 35.5. The Morgan fingerprint density at radius 3 is 2.43 bits per heavy atom. The second kappa shape index (κ2) is 12.2. The van der Waals surface area contributed by atoms with Crippen molar-refractivity contribution in [2.45, 2.75) is 11.3 Å². The van der Waals surface area contributed by atoms with E-state index in [-0.39, 0.29) is 6.61 Å². The molecule has 0 saturated carbocycles. The second-order valence-electron chi connectivity index (χ2n) is 5.88. The van der Waals surface area contributed by atoms with Crippen molar-refractivity contribution in [1.82, 2.24) is 10.6 Å². The number of thioether (sulfide) groups is 1. The lowest BCUT2D eigenvalue weighted by atomic mass is 10.1. The maximum Gasteiger partial charge on any atom is 0.255 e. The molecule has 0 aliphatic heterocycles. The van der Waals surface area contributed by atoms with Crippen molar-refractivity contribution in [2.75, 3.05) is 32.5 Å². The van der Waals surface area contributed by atoms with Crippen molar-refractivity contribution in [3.63, 3.8) is 0 Å². The molecule has 0 heterocycles. The third-order valence-corrected chi connectivity index (χ3v) is 4.98. The van der Waals surface area contributed by atoms with E-state index in [1.165, 1.54) is 4.90 Å². The summed E-state index contributed by atoms with van der Waals surface area (Å²) in [6, 6.07) is 15.4. The van der Waals surface area contributed by atoms with E-state index in [9.17, 15) is 4.79 Å². The highest BCUT2D eigenvalue weighted by molar-refractivity contribution is 7.99. The van der Waals surface area contributed by atoms with Gasteiger partial charge in [0.05, 0.1) is 0 Å². The van der Waals surface area contributed by atoms with Crippen molar-refractivity contribution in [2.24, 2.45) is 10.7 Å². The van der Waals surface area contributed by atoms with Crippen molar-refractivity contribution in [3.05, 3.63) is 59.1 Å². The van der Waals surface area contributed by atoms with Gasteiger partial charge in [-0.15, -0.1) is 11.8 Å². The molecule has 2 aromatic rings. The smallest absolute Gasteiger partial charge is 0.255 e. The number of nitrogens with zero attached hydrogens (tertiary/aromatic N) is 1. The first-order valence-electron chi connectivity index (χ1n) is 8.90. The van der Waals surface area contributed by atoms with Crippen LogP contribution >= 0.6 is 23.4 Å². The number of aliphatic imine (C=N–C) groups is 1. The van der Waals surface area contributed by atoms with Gasteiger partial charge < -0.3 is 21.1 Å². The molecule has 0 aliphatic carbocycles. The number of rotatable bonds is 10. The van der Waals surface area contributed by atoms with Crippen molar-refractivity contribution in [3.8, 4) is 5.75 Å². The van der Waals surface area contributed by atoms with Crippen molar-refractivity contribution < 1.29 is 9.53 Å². The van der Waals surface area contributed by atoms with Crippen LogP contribution in [0.3, 0.4) is 0 Å². The fourth-order valence-corrected chi connectivity index (χ4v) is 3.22. The lowest BCUT2D eigenvalue weighted by molar-refractivity contribution is -0.119. The zero-order valence-electron chi connectivity index (χ0n) is 15.8. The summed E-state index contributed by atoms with van der Waals surface area (Å²) < 4.78 is 5.25. The SMILES string of the molecule is CN=C(NCCSc1ccc(Cl)cc1)NCCc1ccc(OCC(N)=O)cc1. The van der Waals surface area contributed by atoms with Crippen LogP contribution in [0, 0.1) is 0 Å². The van der Waals surface area contributed by atoms with Gasteiger partial charge in [-0.25, -0.2) is 0 Å². The summed E-state index contributed by atoms with van der Waals surface area (Å²) in [6.45, 7) is 1.45. The Balaban J connectivity index is 1.63. The third-order valence-electron chi connectivity index (χ3n) is 3.71. The summed E-state index contributed by atoms with van der Waals surface area (Å²) in [7, 11) is 1.76. The largest absolute Gasteiger partial charge is 0.484 e. The number of halogens is 1. The summed E-state index contributed by atoms with van der Waals surface area (Å²) in [5.74, 6) is 1.85. The third kappa shape index (κ3) is 8.54. The number of carbonyl (C=O) groups is 1. The fraction of sp³-hybridized carbons (Fsp3) is 0.300. The number of guanidine groups is 1. The molecule has 0 aromatic heterocycles. The summed E-state index contributed by atoms with van der Waals surface area (Å²) >= 11 is 7.66. The standard InChI is InChI=1S/C20H25ClN4O2S/c1-23-20(25-12-13-28-18-8-4-16(21)5-9-18)24-11-10-15-2-6-17(7-3-15)27-14-19(22)26/h2-9H,10-14H2,1H3,(H2,22,26)(H2,23,24,25). The van der Waals surface area contributed by atoms with Gasteiger partial charge in [0.15, 0.2) is 12.6 Å². The zero-order valence-corrected chi connectivity index (χ0v) is 17.4. The number of hydrogen-bond acceptors (Lipinski definition) is 4. The van der Waals surface area contributed by atoms with Gasteiger partial charge in [-0.05, 0) is 48.4 Å². The summed E-state index contributed by atoms with van der Waals surface area (Å²) in [6.07, 6.45) is 0.844. The van der Waals surface area contributed by atoms with Gasteiger partial charge in [0, 0.05) is 35.8 Å². The number of benzene rings is 2. The maximum atomic E-state index is 10.7. The molecule has 0 aliphatic rings. The molecule has 8 heteroatoms. The van der Waals surface area contributed by atoms with Crippen LogP contribution < -0.4 is 21.1 Å². The van der Waals surface area contributed by atoms with Crippen LogP contribution in [0.5, 0.6) is 5.75 Å². The molecule has 28 heavy (non-hydrogen) atoms. The Morgan fingerprint density at radius 2 is 1.79 bits per heavy atom. The number of amides is 1. The molecule has 0 bridgehead atoms. The molecule has 0 spiro atoms. The zero-order chi connectivity index (χ0) is 20.2. The van der Waals surface area contributed by atoms with E-state index in [0.717, 1.165) is 41.8 Å². The molecular weight excluding hydrogens is 396 g/mol. The number of nitrogens with one attached hydrogen (secondary N) is 2. The van der Waals surface area contributed by atoms with Gasteiger partial charge in [0.25, 0.3) is 5.91 Å². The van der Waals surface area contributed by atoms with Crippen LogP contribution in [0.4, 0.5) is 0 Å². The first kappa shape index (κ1) is 21.9. The minimum atomic E-state index is -0.487. The van der Waals surface area contributed by atoms with E-state index >= 15 is 0 Å². The summed E-state index contributed by atoms with van der Waals surface area (Å²) in [4.78, 5) is 16.1. The molecule has 4 N–H and O–H groups in total. The molecule has 150 valence electrons. The van der Waals surface area contributed by atoms with Gasteiger partial charge in [-0.1, -0.05) is 23.7 Å². The van der Waals surface area contributed by atoms with E-state index in [1.807, 2.05) is 48.5 Å². The quantitative estimate of drug-likeness (QED) is 0.238. The van der Waals surface area contributed by atoms with Gasteiger partial charge >= 0.3 is 0 Å². The topological polar surface area (TPSA) is 88.7 Å². The molecule has 2 rings (SSSR count). The van der Waals surface area contributed by atoms with E-state index in [4.69, 9.17) is 22.1 Å². The van der Waals surface area contributed by atoms with Crippen molar-refractivity contribution >= 4 is 35.2 Å². The van der Waals surface area contributed by atoms with Crippen molar-refractivity contribution in [1.29, 1.82) is 0 Å². The highest BCUT2D eigenvalue weighted by Gasteiger charge is 2.01. The molecule has 0 atom stereocenters. The minimum Gasteiger partial charge on any atom is -0.484 e. The molecule has 0 radical (unpaired) electrons. The van der Waals surface area contributed by atoms with Gasteiger partial charge in [-0.3, -0.25) is 9.79 Å². The first-order chi connectivity index (χ1) is 13.6. The predicted molar refractivity (Wildman–Crippen MR) is 116 cm³/mol. The Bertz CT molecular complexity index is 767. The van der Waals surface area contributed by atoms with E-state index in [2.05, 4.69) is 15.6 Å². The van der Waals surface area contributed by atoms with E-state index in [1.54, 1.807) is 18.8 Å². The van der Waals surface area contributed by atoms with Gasteiger partial charge in [-0.2, -0.15) is 0 Å². The summed E-state index contributed by atoms with van der Waals surface area (Å²) in [5.41, 5.74) is 6.22. The first-order valence-corrected chi connectivity index (χ1v) is 10.3. The number of nitrogens with two attached hydrogens (primary N) is 1.